The average molecular weight is 247 g/mol. The van der Waals surface area contributed by atoms with Crippen molar-refractivity contribution in [2.45, 2.75) is 38.2 Å². The van der Waals surface area contributed by atoms with Crippen molar-refractivity contribution in [2.24, 2.45) is 0 Å². The number of hydrogen-bond acceptors (Lipinski definition) is 3. The maximum atomic E-state index is 6.22. The Kier molecular flexibility index (Phi) is 3.16. The van der Waals surface area contributed by atoms with Crippen molar-refractivity contribution in [1.82, 2.24) is 5.32 Å². The summed E-state index contributed by atoms with van der Waals surface area (Å²) in [5, 5.41) is 3.40. The molecular weight excluding hydrogens is 226 g/mol. The molecule has 98 valence electrons. The minimum atomic E-state index is 0.0544. The van der Waals surface area contributed by atoms with Crippen molar-refractivity contribution in [2.75, 3.05) is 19.7 Å². The van der Waals surface area contributed by atoms with E-state index in [1.165, 1.54) is 5.56 Å². The van der Waals surface area contributed by atoms with Crippen LogP contribution in [0, 0.1) is 0 Å². The minimum absolute atomic E-state index is 0.0544. The van der Waals surface area contributed by atoms with E-state index >= 15 is 0 Å². The number of benzene rings is 1. The van der Waals surface area contributed by atoms with Crippen LogP contribution in [0.25, 0.3) is 0 Å². The Morgan fingerprint density at radius 2 is 2.33 bits per heavy atom. The Morgan fingerprint density at radius 3 is 3.11 bits per heavy atom. The Morgan fingerprint density at radius 1 is 1.39 bits per heavy atom. The van der Waals surface area contributed by atoms with Crippen molar-refractivity contribution < 1.29 is 9.47 Å². The van der Waals surface area contributed by atoms with Crippen molar-refractivity contribution >= 4 is 0 Å². The molecule has 0 amide bonds. The van der Waals surface area contributed by atoms with Crippen LogP contribution in [0.2, 0.25) is 0 Å². The van der Waals surface area contributed by atoms with Gasteiger partial charge in [0.15, 0.2) is 0 Å². The summed E-state index contributed by atoms with van der Waals surface area (Å²) in [5.41, 5.74) is 1.35. The van der Waals surface area contributed by atoms with E-state index in [2.05, 4.69) is 24.4 Å². The lowest BCUT2D eigenvalue weighted by Crippen LogP contribution is -2.41. The maximum Gasteiger partial charge on any atom is 0.123 e. The molecule has 1 aromatic carbocycles. The van der Waals surface area contributed by atoms with Gasteiger partial charge in [-0.25, -0.2) is 0 Å². The summed E-state index contributed by atoms with van der Waals surface area (Å²) in [4.78, 5) is 0. The summed E-state index contributed by atoms with van der Waals surface area (Å²) in [6.07, 6.45) is 4.38. The van der Waals surface area contributed by atoms with E-state index in [4.69, 9.17) is 9.47 Å². The predicted octanol–water partition coefficient (Wildman–Crippen LogP) is 2.53. The first-order valence-electron chi connectivity index (χ1n) is 6.97. The van der Waals surface area contributed by atoms with Crippen molar-refractivity contribution in [3.05, 3.63) is 23.8 Å². The normalized spacial score (nSPS) is 25.8. The lowest BCUT2D eigenvalue weighted by atomic mass is 9.90. The number of ether oxygens (including phenoxy) is 2. The molecule has 0 aromatic heterocycles. The van der Waals surface area contributed by atoms with Crippen molar-refractivity contribution in [3.63, 3.8) is 0 Å². The maximum absolute atomic E-state index is 6.22. The van der Waals surface area contributed by atoms with Gasteiger partial charge in [0.1, 0.15) is 17.1 Å². The monoisotopic (exact) mass is 247 g/mol. The molecule has 2 aliphatic rings. The second-order valence-corrected chi connectivity index (χ2v) is 5.33. The summed E-state index contributed by atoms with van der Waals surface area (Å²) >= 11 is 0. The van der Waals surface area contributed by atoms with Gasteiger partial charge < -0.3 is 14.8 Å². The summed E-state index contributed by atoms with van der Waals surface area (Å²) < 4.78 is 11.9. The molecule has 0 aliphatic carbocycles. The number of hydrogen-bond donors (Lipinski definition) is 1. The molecule has 1 saturated heterocycles. The quantitative estimate of drug-likeness (QED) is 0.890. The Labute approximate surface area is 108 Å². The van der Waals surface area contributed by atoms with Crippen molar-refractivity contribution in [1.29, 1.82) is 0 Å². The van der Waals surface area contributed by atoms with Crippen LogP contribution in [0.5, 0.6) is 11.5 Å². The fourth-order valence-electron chi connectivity index (χ4n) is 2.83. The molecule has 1 atom stereocenters. The molecule has 1 unspecified atom stereocenters. The highest BCUT2D eigenvalue weighted by molar-refractivity contribution is 5.42. The van der Waals surface area contributed by atoms with E-state index in [-0.39, 0.29) is 5.60 Å². The van der Waals surface area contributed by atoms with E-state index in [1.54, 1.807) is 0 Å². The first kappa shape index (κ1) is 11.8. The Bertz CT molecular complexity index is 425. The van der Waals surface area contributed by atoms with Crippen LogP contribution in [0.15, 0.2) is 18.2 Å². The third-order valence-electron chi connectivity index (χ3n) is 3.89. The fourth-order valence-corrected chi connectivity index (χ4v) is 2.83. The van der Waals surface area contributed by atoms with Gasteiger partial charge >= 0.3 is 0 Å². The second kappa shape index (κ2) is 4.81. The van der Waals surface area contributed by atoms with E-state index in [1.807, 2.05) is 6.07 Å². The predicted molar refractivity (Wildman–Crippen MR) is 71.4 cm³/mol. The van der Waals surface area contributed by atoms with Gasteiger partial charge in [0.05, 0.1) is 6.61 Å². The highest BCUT2D eigenvalue weighted by Crippen LogP contribution is 2.38. The second-order valence-electron chi connectivity index (χ2n) is 5.33. The molecule has 2 aliphatic heterocycles. The number of aryl methyl sites for hydroxylation is 1. The van der Waals surface area contributed by atoms with Gasteiger partial charge in [-0.05, 0) is 49.6 Å². The zero-order valence-electron chi connectivity index (χ0n) is 11.0. The first-order valence-corrected chi connectivity index (χ1v) is 6.97. The molecule has 1 spiro atoms. The highest BCUT2D eigenvalue weighted by atomic mass is 16.5. The third-order valence-corrected chi connectivity index (χ3v) is 3.89. The lowest BCUT2D eigenvalue weighted by Gasteiger charge is -2.35. The highest BCUT2D eigenvalue weighted by Gasteiger charge is 2.38. The van der Waals surface area contributed by atoms with Gasteiger partial charge in [0, 0.05) is 13.0 Å². The van der Waals surface area contributed by atoms with Crippen LogP contribution in [-0.4, -0.2) is 25.3 Å². The average Bonchev–Trinajstić information content (AvgIpc) is 2.84. The van der Waals surface area contributed by atoms with Crippen molar-refractivity contribution in [3.8, 4) is 11.5 Å². The standard InChI is InChI=1S/C15H21NO2/c1-2-9-17-13-3-4-14-12(10-13)5-6-15(18-14)7-8-16-11-15/h3-4,10,16H,2,5-9,11H2,1H3. The van der Waals surface area contributed by atoms with Gasteiger partial charge in [0.25, 0.3) is 0 Å². The smallest absolute Gasteiger partial charge is 0.123 e. The molecule has 1 fully saturated rings. The first-order chi connectivity index (χ1) is 8.81. The van der Waals surface area contributed by atoms with Crippen LogP contribution in [0.3, 0.4) is 0 Å². The molecule has 0 saturated carbocycles. The van der Waals surface area contributed by atoms with Gasteiger partial charge in [-0.3, -0.25) is 0 Å². The zero-order valence-corrected chi connectivity index (χ0v) is 11.0. The van der Waals surface area contributed by atoms with Gasteiger partial charge in [-0.1, -0.05) is 6.92 Å². The molecule has 3 heteroatoms. The molecule has 0 bridgehead atoms. The molecule has 3 nitrogen and oxygen atoms in total. The third kappa shape index (κ3) is 2.19. The van der Waals surface area contributed by atoms with Crippen LogP contribution in [-0.2, 0) is 6.42 Å². The fraction of sp³-hybridized carbons (Fsp3) is 0.600. The number of fused-ring (bicyclic) bond motifs is 1. The summed E-state index contributed by atoms with van der Waals surface area (Å²) in [6.45, 7) is 4.97. The van der Waals surface area contributed by atoms with Gasteiger partial charge in [0.2, 0.25) is 0 Å². The zero-order chi connectivity index (χ0) is 12.4. The van der Waals surface area contributed by atoms with Crippen LogP contribution in [0.4, 0.5) is 0 Å². The van der Waals surface area contributed by atoms with E-state index in [0.29, 0.717) is 0 Å². The van der Waals surface area contributed by atoms with E-state index in [9.17, 15) is 0 Å². The number of rotatable bonds is 3. The largest absolute Gasteiger partial charge is 0.494 e. The Hall–Kier alpha value is -1.22. The van der Waals surface area contributed by atoms with E-state index < -0.39 is 0 Å². The van der Waals surface area contributed by atoms with Crippen LogP contribution >= 0.6 is 0 Å². The lowest BCUT2D eigenvalue weighted by molar-refractivity contribution is 0.0662. The summed E-state index contributed by atoms with van der Waals surface area (Å²) in [6, 6.07) is 6.23. The van der Waals surface area contributed by atoms with E-state index in [0.717, 1.165) is 56.9 Å². The number of nitrogens with one attached hydrogen (secondary N) is 1. The van der Waals surface area contributed by atoms with Crippen LogP contribution < -0.4 is 14.8 Å². The molecule has 1 aromatic rings. The molecular formula is C15H21NO2. The summed E-state index contributed by atoms with van der Waals surface area (Å²) in [7, 11) is 0. The Balaban J connectivity index is 1.76. The molecule has 3 rings (SSSR count). The summed E-state index contributed by atoms with van der Waals surface area (Å²) in [5.74, 6) is 2.02. The molecule has 18 heavy (non-hydrogen) atoms. The van der Waals surface area contributed by atoms with Gasteiger partial charge in [-0.2, -0.15) is 0 Å². The molecule has 2 heterocycles. The SMILES string of the molecule is CCCOc1ccc2c(c1)CCC1(CCNC1)O2. The van der Waals surface area contributed by atoms with Gasteiger partial charge in [-0.15, -0.1) is 0 Å². The molecule has 0 radical (unpaired) electrons. The topological polar surface area (TPSA) is 30.5 Å². The van der Waals surface area contributed by atoms with Crippen LogP contribution in [0.1, 0.15) is 31.7 Å². The minimum Gasteiger partial charge on any atom is -0.494 e. The molecule has 1 N–H and O–H groups in total.